The van der Waals surface area contributed by atoms with Gasteiger partial charge in [-0.05, 0) is 31.4 Å². The molecule has 14 heavy (non-hydrogen) atoms. The summed E-state index contributed by atoms with van der Waals surface area (Å²) in [5, 5.41) is 11.5. The van der Waals surface area contributed by atoms with E-state index >= 15 is 0 Å². The minimum absolute atomic E-state index is 0.412. The van der Waals surface area contributed by atoms with Crippen molar-refractivity contribution in [2.45, 2.75) is 18.9 Å². The third-order valence-corrected chi connectivity index (χ3v) is 2.94. The van der Waals surface area contributed by atoms with Gasteiger partial charge in [0.15, 0.2) is 0 Å². The fourth-order valence-electron chi connectivity index (χ4n) is 1.000. The molecule has 0 aromatic carbocycles. The third kappa shape index (κ3) is 7.17. The highest BCUT2D eigenvalue weighted by Gasteiger charge is 2.13. The minimum atomic E-state index is -0.773. The van der Waals surface area contributed by atoms with Crippen LogP contribution in [0.2, 0.25) is 0 Å². The van der Waals surface area contributed by atoms with E-state index in [9.17, 15) is 4.79 Å². The molecule has 0 bridgehead atoms. The van der Waals surface area contributed by atoms with Gasteiger partial charge >= 0.3 is 5.97 Å². The molecule has 0 rings (SSSR count). The van der Waals surface area contributed by atoms with Crippen molar-refractivity contribution in [3.05, 3.63) is 0 Å². The topological polar surface area (TPSA) is 58.6 Å². The molecule has 1 unspecified atom stereocenters. The minimum Gasteiger partial charge on any atom is -0.480 e. The Morgan fingerprint density at radius 3 is 2.79 bits per heavy atom. The first kappa shape index (κ1) is 13.7. The van der Waals surface area contributed by atoms with Gasteiger partial charge in [-0.1, -0.05) is 0 Å². The molecule has 2 N–H and O–H groups in total. The van der Waals surface area contributed by atoms with E-state index in [0.717, 1.165) is 24.5 Å². The third-order valence-electron chi connectivity index (χ3n) is 1.83. The number of likely N-dealkylation sites (N-methyl/N-ethyl adjacent to an activating group) is 1. The molecule has 84 valence electrons. The first-order valence-corrected chi connectivity index (χ1v) is 5.84. The number of aliphatic carboxylic acids is 1. The highest BCUT2D eigenvalue weighted by Crippen LogP contribution is 2.06. The smallest absolute Gasteiger partial charge is 0.320 e. The van der Waals surface area contributed by atoms with Crippen LogP contribution < -0.4 is 5.32 Å². The second kappa shape index (κ2) is 9.30. The van der Waals surface area contributed by atoms with E-state index in [1.54, 1.807) is 25.9 Å². The van der Waals surface area contributed by atoms with Crippen molar-refractivity contribution >= 4 is 17.7 Å². The van der Waals surface area contributed by atoms with Crippen LogP contribution >= 0.6 is 11.8 Å². The summed E-state index contributed by atoms with van der Waals surface area (Å²) >= 11 is 1.77. The molecule has 0 saturated carbocycles. The number of carbonyl (C=O) groups is 1. The lowest BCUT2D eigenvalue weighted by Gasteiger charge is -2.09. The maximum Gasteiger partial charge on any atom is 0.320 e. The molecule has 0 spiro atoms. The van der Waals surface area contributed by atoms with Crippen LogP contribution in [0.3, 0.4) is 0 Å². The molecule has 1 atom stereocenters. The second-order valence-corrected chi connectivity index (χ2v) is 4.15. The van der Waals surface area contributed by atoms with Crippen LogP contribution in [0.25, 0.3) is 0 Å². The molecule has 0 aliphatic carbocycles. The van der Waals surface area contributed by atoms with Gasteiger partial charge in [-0.3, -0.25) is 4.79 Å². The molecule has 0 aromatic heterocycles. The number of hydrogen-bond acceptors (Lipinski definition) is 4. The van der Waals surface area contributed by atoms with E-state index in [1.165, 1.54) is 0 Å². The summed E-state index contributed by atoms with van der Waals surface area (Å²) in [5.74, 6) is 1.13. The van der Waals surface area contributed by atoms with Crippen LogP contribution in [0.1, 0.15) is 12.8 Å². The Bertz CT molecular complexity index is 155. The van der Waals surface area contributed by atoms with Crippen LogP contribution in [-0.2, 0) is 9.53 Å². The fraction of sp³-hybridized carbons (Fsp3) is 0.889. The molecular weight excluding hydrogens is 202 g/mol. The zero-order valence-electron chi connectivity index (χ0n) is 8.78. The Kier molecular flexibility index (Phi) is 9.13. The van der Waals surface area contributed by atoms with E-state index in [-0.39, 0.29) is 0 Å². The van der Waals surface area contributed by atoms with Gasteiger partial charge in [0.05, 0.1) is 0 Å². The first-order valence-electron chi connectivity index (χ1n) is 4.69. The summed E-state index contributed by atoms with van der Waals surface area (Å²) in [6.07, 6.45) is 1.70. The zero-order valence-corrected chi connectivity index (χ0v) is 9.60. The molecule has 4 nitrogen and oxygen atoms in total. The Morgan fingerprint density at radius 2 is 2.29 bits per heavy atom. The molecule has 0 heterocycles. The summed E-state index contributed by atoms with van der Waals surface area (Å²) < 4.78 is 4.91. The van der Waals surface area contributed by atoms with E-state index in [0.29, 0.717) is 6.42 Å². The highest BCUT2D eigenvalue weighted by molar-refractivity contribution is 7.99. The summed E-state index contributed by atoms with van der Waals surface area (Å²) in [4.78, 5) is 10.6. The fourth-order valence-corrected chi connectivity index (χ4v) is 1.93. The van der Waals surface area contributed by atoms with E-state index < -0.39 is 12.0 Å². The van der Waals surface area contributed by atoms with Gasteiger partial charge < -0.3 is 15.2 Å². The summed E-state index contributed by atoms with van der Waals surface area (Å²) in [6.45, 7) is 0.779. The Morgan fingerprint density at radius 1 is 1.57 bits per heavy atom. The summed E-state index contributed by atoms with van der Waals surface area (Å²) in [6, 6.07) is -0.412. The molecule has 0 aliphatic rings. The van der Waals surface area contributed by atoms with E-state index in [4.69, 9.17) is 9.84 Å². The largest absolute Gasteiger partial charge is 0.480 e. The average Bonchev–Trinajstić information content (AvgIpc) is 2.16. The lowest BCUT2D eigenvalue weighted by atomic mass is 10.2. The summed E-state index contributed by atoms with van der Waals surface area (Å²) in [5.41, 5.74) is 0. The SMILES string of the molecule is CNC(CCSCCCOC)C(=O)O. The lowest BCUT2D eigenvalue weighted by Crippen LogP contribution is -2.34. The van der Waals surface area contributed by atoms with Crippen molar-refractivity contribution in [1.29, 1.82) is 0 Å². The van der Waals surface area contributed by atoms with Crippen LogP contribution in [0, 0.1) is 0 Å². The Balaban J connectivity index is 3.29. The molecular formula is C9H19NO3S. The van der Waals surface area contributed by atoms with Crippen LogP contribution in [0.15, 0.2) is 0 Å². The number of thioether (sulfide) groups is 1. The average molecular weight is 221 g/mol. The molecule has 0 aromatic rings. The predicted octanol–water partition coefficient (Wildman–Crippen LogP) is 0.819. The first-order chi connectivity index (χ1) is 6.72. The van der Waals surface area contributed by atoms with Crippen molar-refractivity contribution in [1.82, 2.24) is 5.32 Å². The van der Waals surface area contributed by atoms with Crippen molar-refractivity contribution in [2.75, 3.05) is 32.3 Å². The van der Waals surface area contributed by atoms with E-state index in [2.05, 4.69) is 5.32 Å². The van der Waals surface area contributed by atoms with Crippen molar-refractivity contribution < 1.29 is 14.6 Å². The predicted molar refractivity (Wildman–Crippen MR) is 58.9 cm³/mol. The molecule has 0 radical (unpaired) electrons. The summed E-state index contributed by atoms with van der Waals surface area (Å²) in [7, 11) is 3.36. The molecule has 0 saturated heterocycles. The Hall–Kier alpha value is -0.260. The zero-order chi connectivity index (χ0) is 10.8. The maximum atomic E-state index is 10.6. The molecule has 0 aliphatic heterocycles. The van der Waals surface area contributed by atoms with Gasteiger partial charge in [0.2, 0.25) is 0 Å². The number of rotatable bonds is 9. The second-order valence-electron chi connectivity index (χ2n) is 2.93. The number of carboxylic acids is 1. The number of methoxy groups -OCH3 is 1. The normalized spacial score (nSPS) is 12.7. The molecule has 5 heteroatoms. The van der Waals surface area contributed by atoms with Gasteiger partial charge in [-0.2, -0.15) is 11.8 Å². The van der Waals surface area contributed by atoms with Crippen molar-refractivity contribution in [3.8, 4) is 0 Å². The van der Waals surface area contributed by atoms with Gasteiger partial charge in [-0.15, -0.1) is 0 Å². The van der Waals surface area contributed by atoms with Gasteiger partial charge in [0, 0.05) is 13.7 Å². The van der Waals surface area contributed by atoms with Crippen LogP contribution in [0.5, 0.6) is 0 Å². The number of nitrogens with one attached hydrogen (secondary N) is 1. The highest BCUT2D eigenvalue weighted by atomic mass is 32.2. The number of carboxylic acid groups (broad SMARTS) is 1. The van der Waals surface area contributed by atoms with Crippen molar-refractivity contribution in [3.63, 3.8) is 0 Å². The Labute approximate surface area is 89.4 Å². The number of hydrogen-bond donors (Lipinski definition) is 2. The maximum absolute atomic E-state index is 10.6. The van der Waals surface area contributed by atoms with Gasteiger partial charge in [0.25, 0.3) is 0 Å². The quantitative estimate of drug-likeness (QED) is 0.564. The van der Waals surface area contributed by atoms with Crippen LogP contribution in [-0.4, -0.2) is 49.4 Å². The van der Waals surface area contributed by atoms with Gasteiger partial charge in [0.1, 0.15) is 6.04 Å². The van der Waals surface area contributed by atoms with Gasteiger partial charge in [-0.25, -0.2) is 0 Å². The monoisotopic (exact) mass is 221 g/mol. The van der Waals surface area contributed by atoms with Crippen molar-refractivity contribution in [2.24, 2.45) is 0 Å². The standard InChI is InChI=1S/C9H19NO3S/c1-10-8(9(11)12)4-7-14-6-3-5-13-2/h8,10H,3-7H2,1-2H3,(H,11,12). The molecule has 0 fully saturated rings. The lowest BCUT2D eigenvalue weighted by molar-refractivity contribution is -0.139. The van der Waals surface area contributed by atoms with E-state index in [1.807, 2.05) is 0 Å². The molecule has 0 amide bonds. The number of ether oxygens (including phenoxy) is 1. The van der Waals surface area contributed by atoms with Crippen LogP contribution in [0.4, 0.5) is 0 Å².